The SMILES string of the molecule is CC(=O)c1ccc2c(c1)N(C(=O)c1cccnc1)CCC2. The molecule has 106 valence electrons. The second-order valence-corrected chi connectivity index (χ2v) is 5.20. The number of fused-ring (bicyclic) bond motifs is 1. The fourth-order valence-corrected chi connectivity index (χ4v) is 2.65. The average Bonchev–Trinajstić information content (AvgIpc) is 2.54. The number of hydrogen-bond donors (Lipinski definition) is 0. The van der Waals surface area contributed by atoms with Gasteiger partial charge < -0.3 is 4.90 Å². The lowest BCUT2D eigenvalue weighted by Gasteiger charge is -2.30. The van der Waals surface area contributed by atoms with Crippen molar-refractivity contribution in [2.75, 3.05) is 11.4 Å². The van der Waals surface area contributed by atoms with Gasteiger partial charge in [0.2, 0.25) is 0 Å². The van der Waals surface area contributed by atoms with Gasteiger partial charge in [-0.2, -0.15) is 0 Å². The molecule has 1 aliphatic heterocycles. The molecule has 0 fully saturated rings. The van der Waals surface area contributed by atoms with E-state index in [-0.39, 0.29) is 11.7 Å². The summed E-state index contributed by atoms with van der Waals surface area (Å²) < 4.78 is 0. The topological polar surface area (TPSA) is 50.3 Å². The highest BCUT2D eigenvalue weighted by atomic mass is 16.2. The lowest BCUT2D eigenvalue weighted by molar-refractivity contribution is 0.0981. The van der Waals surface area contributed by atoms with Gasteiger partial charge in [-0.05, 0) is 43.5 Å². The van der Waals surface area contributed by atoms with E-state index in [1.54, 1.807) is 29.4 Å². The third-order valence-corrected chi connectivity index (χ3v) is 3.76. The van der Waals surface area contributed by atoms with Gasteiger partial charge >= 0.3 is 0 Å². The second-order valence-electron chi connectivity index (χ2n) is 5.20. The van der Waals surface area contributed by atoms with E-state index < -0.39 is 0 Å². The summed E-state index contributed by atoms with van der Waals surface area (Å²) in [6.07, 6.45) is 5.09. The van der Waals surface area contributed by atoms with E-state index in [0.717, 1.165) is 24.1 Å². The van der Waals surface area contributed by atoms with E-state index in [1.165, 1.54) is 6.92 Å². The Hall–Kier alpha value is -2.49. The summed E-state index contributed by atoms with van der Waals surface area (Å²) in [7, 11) is 0. The molecular formula is C17H16N2O2. The first-order valence-electron chi connectivity index (χ1n) is 7.02. The molecule has 2 heterocycles. The number of carbonyl (C=O) groups is 2. The molecule has 3 rings (SSSR count). The molecule has 0 unspecified atom stereocenters. The van der Waals surface area contributed by atoms with Gasteiger partial charge in [0.1, 0.15) is 0 Å². The molecule has 0 aliphatic carbocycles. The van der Waals surface area contributed by atoms with Gasteiger partial charge in [0, 0.05) is 30.2 Å². The van der Waals surface area contributed by atoms with Crippen LogP contribution in [0.25, 0.3) is 0 Å². The molecule has 2 aromatic rings. The van der Waals surface area contributed by atoms with Crippen LogP contribution in [0.3, 0.4) is 0 Å². The number of hydrogen-bond acceptors (Lipinski definition) is 3. The minimum atomic E-state index is -0.0650. The van der Waals surface area contributed by atoms with Gasteiger partial charge in [0.25, 0.3) is 5.91 Å². The van der Waals surface area contributed by atoms with E-state index in [0.29, 0.717) is 17.7 Å². The maximum Gasteiger partial charge on any atom is 0.259 e. The van der Waals surface area contributed by atoms with Crippen molar-refractivity contribution in [3.8, 4) is 0 Å². The Bertz CT molecular complexity index is 695. The Kier molecular flexibility index (Phi) is 3.52. The normalized spacial score (nSPS) is 13.7. The molecular weight excluding hydrogens is 264 g/mol. The maximum atomic E-state index is 12.6. The van der Waals surface area contributed by atoms with E-state index >= 15 is 0 Å². The number of nitrogens with zero attached hydrogens (tertiary/aromatic N) is 2. The van der Waals surface area contributed by atoms with Crippen molar-refractivity contribution >= 4 is 17.4 Å². The van der Waals surface area contributed by atoms with E-state index in [2.05, 4.69) is 4.98 Å². The molecule has 0 saturated heterocycles. The van der Waals surface area contributed by atoms with Crippen molar-refractivity contribution in [3.05, 3.63) is 59.4 Å². The van der Waals surface area contributed by atoms with Crippen LogP contribution in [0.4, 0.5) is 5.69 Å². The van der Waals surface area contributed by atoms with Crippen LogP contribution < -0.4 is 4.90 Å². The first-order valence-corrected chi connectivity index (χ1v) is 7.02. The monoisotopic (exact) mass is 280 g/mol. The zero-order valence-corrected chi connectivity index (χ0v) is 11.9. The molecule has 0 bridgehead atoms. The number of ketones is 1. The number of benzene rings is 1. The molecule has 4 heteroatoms. The predicted molar refractivity (Wildman–Crippen MR) is 80.7 cm³/mol. The Morgan fingerprint density at radius 1 is 1.19 bits per heavy atom. The minimum Gasteiger partial charge on any atom is -0.308 e. The molecule has 0 spiro atoms. The van der Waals surface area contributed by atoms with Crippen LogP contribution in [0.1, 0.15) is 39.6 Å². The Morgan fingerprint density at radius 3 is 2.76 bits per heavy atom. The number of carbonyl (C=O) groups excluding carboxylic acids is 2. The van der Waals surface area contributed by atoms with Gasteiger partial charge in [-0.25, -0.2) is 0 Å². The number of Topliss-reactive ketones (excluding diaryl/α,β-unsaturated/α-hetero) is 1. The first-order chi connectivity index (χ1) is 10.2. The fraction of sp³-hybridized carbons (Fsp3) is 0.235. The van der Waals surface area contributed by atoms with Crippen molar-refractivity contribution < 1.29 is 9.59 Å². The van der Waals surface area contributed by atoms with Gasteiger partial charge in [-0.3, -0.25) is 14.6 Å². The third kappa shape index (κ3) is 2.57. The van der Waals surface area contributed by atoms with E-state index in [1.807, 2.05) is 18.2 Å². The van der Waals surface area contributed by atoms with Gasteiger partial charge in [-0.1, -0.05) is 12.1 Å². The summed E-state index contributed by atoms with van der Waals surface area (Å²) in [6.45, 7) is 2.21. The van der Waals surface area contributed by atoms with Crippen LogP contribution in [0.2, 0.25) is 0 Å². The Morgan fingerprint density at radius 2 is 2.05 bits per heavy atom. The van der Waals surface area contributed by atoms with Crippen LogP contribution in [0.15, 0.2) is 42.7 Å². The highest BCUT2D eigenvalue weighted by Crippen LogP contribution is 2.29. The number of aromatic nitrogens is 1. The standard InChI is InChI=1S/C17H16N2O2/c1-12(20)14-7-6-13-5-3-9-19(16(13)10-14)17(21)15-4-2-8-18-11-15/h2,4,6-8,10-11H,3,5,9H2,1H3. The van der Waals surface area contributed by atoms with Gasteiger partial charge in [0.15, 0.2) is 5.78 Å². The van der Waals surface area contributed by atoms with Gasteiger partial charge in [-0.15, -0.1) is 0 Å². The highest BCUT2D eigenvalue weighted by molar-refractivity contribution is 6.07. The van der Waals surface area contributed by atoms with Crippen LogP contribution >= 0.6 is 0 Å². The molecule has 21 heavy (non-hydrogen) atoms. The Labute approximate surface area is 123 Å². The molecule has 1 amide bonds. The molecule has 1 aromatic carbocycles. The van der Waals surface area contributed by atoms with Crippen LogP contribution in [-0.4, -0.2) is 23.2 Å². The Balaban J connectivity index is 2.01. The fourth-order valence-electron chi connectivity index (χ4n) is 2.65. The van der Waals surface area contributed by atoms with Crippen molar-refractivity contribution in [1.82, 2.24) is 4.98 Å². The molecule has 0 atom stereocenters. The van der Waals surface area contributed by atoms with Crippen molar-refractivity contribution in [2.24, 2.45) is 0 Å². The lowest BCUT2D eigenvalue weighted by atomic mass is 9.98. The first kappa shape index (κ1) is 13.5. The zero-order valence-electron chi connectivity index (χ0n) is 11.9. The minimum absolute atomic E-state index is 0.0113. The number of aryl methyl sites for hydroxylation is 1. The lowest BCUT2D eigenvalue weighted by Crippen LogP contribution is -2.35. The third-order valence-electron chi connectivity index (χ3n) is 3.76. The number of anilines is 1. The van der Waals surface area contributed by atoms with Crippen molar-refractivity contribution in [2.45, 2.75) is 19.8 Å². The molecule has 1 aliphatic rings. The quantitative estimate of drug-likeness (QED) is 0.795. The van der Waals surface area contributed by atoms with Crippen molar-refractivity contribution in [1.29, 1.82) is 0 Å². The van der Waals surface area contributed by atoms with E-state index in [4.69, 9.17) is 0 Å². The summed E-state index contributed by atoms with van der Waals surface area (Å²) in [5.74, 6) is -0.0538. The summed E-state index contributed by atoms with van der Waals surface area (Å²) in [6, 6.07) is 9.13. The summed E-state index contributed by atoms with van der Waals surface area (Å²) in [5, 5.41) is 0. The summed E-state index contributed by atoms with van der Waals surface area (Å²) in [5.41, 5.74) is 3.17. The molecule has 0 N–H and O–H groups in total. The average molecular weight is 280 g/mol. The maximum absolute atomic E-state index is 12.6. The zero-order chi connectivity index (χ0) is 14.8. The summed E-state index contributed by atoms with van der Waals surface area (Å²) >= 11 is 0. The largest absolute Gasteiger partial charge is 0.308 e. The number of pyridine rings is 1. The number of rotatable bonds is 2. The van der Waals surface area contributed by atoms with E-state index in [9.17, 15) is 9.59 Å². The smallest absolute Gasteiger partial charge is 0.259 e. The summed E-state index contributed by atoms with van der Waals surface area (Å²) in [4.78, 5) is 30.0. The predicted octanol–water partition coefficient (Wildman–Crippen LogP) is 2.88. The van der Waals surface area contributed by atoms with Crippen LogP contribution in [0, 0.1) is 0 Å². The second kappa shape index (κ2) is 5.48. The molecule has 0 radical (unpaired) electrons. The number of amides is 1. The van der Waals surface area contributed by atoms with Crippen LogP contribution in [0.5, 0.6) is 0 Å². The van der Waals surface area contributed by atoms with Crippen molar-refractivity contribution in [3.63, 3.8) is 0 Å². The molecule has 0 saturated carbocycles. The molecule has 4 nitrogen and oxygen atoms in total. The molecule has 1 aromatic heterocycles. The van der Waals surface area contributed by atoms with Gasteiger partial charge in [0.05, 0.1) is 5.56 Å². The highest BCUT2D eigenvalue weighted by Gasteiger charge is 2.24. The van der Waals surface area contributed by atoms with Crippen LogP contribution in [-0.2, 0) is 6.42 Å².